The van der Waals surface area contributed by atoms with Crippen molar-refractivity contribution in [3.05, 3.63) is 78.1 Å². The van der Waals surface area contributed by atoms with Crippen molar-refractivity contribution in [2.75, 3.05) is 5.32 Å². The summed E-state index contributed by atoms with van der Waals surface area (Å²) < 4.78 is 16.6. The molecule has 26 heavy (non-hydrogen) atoms. The summed E-state index contributed by atoms with van der Waals surface area (Å²) in [5.74, 6) is 1.77. The fourth-order valence-corrected chi connectivity index (χ4v) is 2.56. The van der Waals surface area contributed by atoms with Crippen LogP contribution in [0.4, 0.5) is 5.69 Å². The van der Waals surface area contributed by atoms with Crippen LogP contribution >= 0.6 is 0 Å². The van der Waals surface area contributed by atoms with Gasteiger partial charge >= 0.3 is 0 Å². The normalized spacial score (nSPS) is 10.8. The summed E-state index contributed by atoms with van der Waals surface area (Å²) in [6.07, 6.45) is 0. The summed E-state index contributed by atoms with van der Waals surface area (Å²) in [6, 6.07) is 18.1. The lowest BCUT2D eigenvalue weighted by Crippen LogP contribution is -2.10. The number of oxazole rings is 1. The van der Waals surface area contributed by atoms with Crippen molar-refractivity contribution in [1.82, 2.24) is 4.98 Å². The molecule has 0 aliphatic rings. The van der Waals surface area contributed by atoms with Crippen LogP contribution in [0.2, 0.25) is 0 Å². The first-order valence-corrected chi connectivity index (χ1v) is 8.12. The van der Waals surface area contributed by atoms with Gasteiger partial charge in [-0.1, -0.05) is 18.2 Å². The third-order valence-corrected chi connectivity index (χ3v) is 3.76. The number of ether oxygens (including phenoxy) is 1. The van der Waals surface area contributed by atoms with Crippen LogP contribution < -0.4 is 10.1 Å². The van der Waals surface area contributed by atoms with Gasteiger partial charge in [0.25, 0.3) is 5.91 Å². The third-order valence-electron chi connectivity index (χ3n) is 3.76. The summed E-state index contributed by atoms with van der Waals surface area (Å²) in [5, 5.41) is 2.79. The van der Waals surface area contributed by atoms with Crippen LogP contribution in [-0.2, 0) is 6.61 Å². The van der Waals surface area contributed by atoms with E-state index in [1.165, 1.54) is 0 Å². The van der Waals surface area contributed by atoms with E-state index < -0.39 is 0 Å². The molecular weight excluding hydrogens is 332 g/mol. The zero-order valence-corrected chi connectivity index (χ0v) is 14.1. The van der Waals surface area contributed by atoms with E-state index in [9.17, 15) is 4.79 Å². The van der Waals surface area contributed by atoms with E-state index >= 15 is 0 Å². The van der Waals surface area contributed by atoms with E-state index in [1.807, 2.05) is 30.3 Å². The molecule has 0 aliphatic heterocycles. The van der Waals surface area contributed by atoms with Crippen molar-refractivity contribution >= 4 is 22.7 Å². The second-order valence-electron chi connectivity index (χ2n) is 5.74. The third kappa shape index (κ3) is 3.44. The molecule has 0 radical (unpaired) electrons. The maximum atomic E-state index is 12.4. The molecule has 0 aliphatic carbocycles. The number of fused-ring (bicyclic) bond motifs is 1. The zero-order chi connectivity index (χ0) is 17.9. The summed E-state index contributed by atoms with van der Waals surface area (Å²) in [7, 11) is 0. The maximum Gasteiger partial charge on any atom is 0.291 e. The number of carbonyl (C=O) groups is 1. The van der Waals surface area contributed by atoms with E-state index in [1.54, 1.807) is 37.3 Å². The van der Waals surface area contributed by atoms with Crippen LogP contribution in [0.15, 0.2) is 69.5 Å². The van der Waals surface area contributed by atoms with Crippen LogP contribution in [0.3, 0.4) is 0 Å². The fraction of sp³-hybridized carbons (Fsp3) is 0.100. The van der Waals surface area contributed by atoms with Crippen LogP contribution in [0, 0.1) is 6.92 Å². The van der Waals surface area contributed by atoms with E-state index in [4.69, 9.17) is 13.6 Å². The van der Waals surface area contributed by atoms with Gasteiger partial charge in [0.15, 0.2) is 17.2 Å². The molecular formula is C20H16N2O4. The quantitative estimate of drug-likeness (QED) is 0.572. The van der Waals surface area contributed by atoms with Gasteiger partial charge in [0.2, 0.25) is 0 Å². The van der Waals surface area contributed by atoms with Crippen LogP contribution in [0.5, 0.6) is 5.75 Å². The number of anilines is 1. The largest absolute Gasteiger partial charge is 0.486 e. The minimum absolute atomic E-state index is 0.216. The second kappa shape index (κ2) is 6.76. The Morgan fingerprint density at radius 3 is 2.77 bits per heavy atom. The van der Waals surface area contributed by atoms with Gasteiger partial charge in [-0.15, -0.1) is 0 Å². The lowest BCUT2D eigenvalue weighted by molar-refractivity contribution is 0.0992. The highest BCUT2D eigenvalue weighted by atomic mass is 16.5. The van der Waals surface area contributed by atoms with Crippen molar-refractivity contribution in [3.63, 3.8) is 0 Å². The SMILES string of the molecule is Cc1nc2cc(NC(=O)c3ccc(COc4ccccc4)o3)ccc2o1. The molecule has 4 rings (SSSR count). The Morgan fingerprint density at radius 1 is 1.08 bits per heavy atom. The Balaban J connectivity index is 1.42. The van der Waals surface area contributed by atoms with Crippen LogP contribution in [0.1, 0.15) is 22.2 Å². The van der Waals surface area contributed by atoms with Gasteiger partial charge in [0.05, 0.1) is 0 Å². The first kappa shape index (κ1) is 16.0. The first-order valence-electron chi connectivity index (χ1n) is 8.12. The molecule has 0 saturated carbocycles. The highest BCUT2D eigenvalue weighted by Gasteiger charge is 2.13. The average molecular weight is 348 g/mol. The number of rotatable bonds is 5. The predicted octanol–water partition coefficient (Wildman–Crippen LogP) is 4.56. The molecule has 1 N–H and O–H groups in total. The van der Waals surface area contributed by atoms with Gasteiger partial charge in [-0.25, -0.2) is 4.98 Å². The predicted molar refractivity (Wildman–Crippen MR) is 96.2 cm³/mol. The van der Waals surface area contributed by atoms with Gasteiger partial charge < -0.3 is 18.9 Å². The van der Waals surface area contributed by atoms with E-state index in [0.717, 1.165) is 5.75 Å². The molecule has 0 atom stereocenters. The van der Waals surface area contributed by atoms with Crippen molar-refractivity contribution in [2.24, 2.45) is 0 Å². The number of para-hydroxylation sites is 1. The fourth-order valence-electron chi connectivity index (χ4n) is 2.56. The summed E-state index contributed by atoms with van der Waals surface area (Å²) in [5.41, 5.74) is 1.99. The molecule has 2 heterocycles. The first-order chi connectivity index (χ1) is 12.7. The molecule has 2 aromatic heterocycles. The molecule has 1 amide bonds. The van der Waals surface area contributed by atoms with Crippen LogP contribution in [0.25, 0.3) is 11.1 Å². The number of nitrogens with one attached hydrogen (secondary N) is 1. The summed E-state index contributed by atoms with van der Waals surface area (Å²) in [6.45, 7) is 2.03. The number of carbonyl (C=O) groups excluding carboxylic acids is 1. The Bertz CT molecular complexity index is 1050. The highest BCUT2D eigenvalue weighted by Crippen LogP contribution is 2.21. The van der Waals surface area contributed by atoms with Crippen molar-refractivity contribution in [2.45, 2.75) is 13.5 Å². The molecule has 0 saturated heterocycles. The summed E-state index contributed by atoms with van der Waals surface area (Å²) in [4.78, 5) is 16.6. The van der Waals surface area contributed by atoms with Crippen molar-refractivity contribution in [3.8, 4) is 5.75 Å². The number of hydrogen-bond donors (Lipinski definition) is 1. The van der Waals surface area contributed by atoms with Gasteiger partial charge in [-0.3, -0.25) is 4.79 Å². The molecule has 0 spiro atoms. The lowest BCUT2D eigenvalue weighted by Gasteiger charge is -2.04. The monoisotopic (exact) mass is 348 g/mol. The molecule has 6 heteroatoms. The van der Waals surface area contributed by atoms with Gasteiger partial charge in [-0.05, 0) is 42.5 Å². The smallest absolute Gasteiger partial charge is 0.291 e. The maximum absolute atomic E-state index is 12.4. The van der Waals surface area contributed by atoms with E-state index in [-0.39, 0.29) is 18.3 Å². The van der Waals surface area contributed by atoms with E-state index in [2.05, 4.69) is 10.3 Å². The number of furan rings is 1. The molecule has 2 aromatic carbocycles. The highest BCUT2D eigenvalue weighted by molar-refractivity contribution is 6.03. The number of hydrogen-bond acceptors (Lipinski definition) is 5. The molecule has 0 fully saturated rings. The minimum atomic E-state index is -0.337. The standard InChI is InChI=1S/C20H16N2O4/c1-13-21-17-11-14(7-9-18(17)25-13)22-20(23)19-10-8-16(26-19)12-24-15-5-3-2-4-6-15/h2-11H,12H2,1H3,(H,22,23). The number of aromatic nitrogens is 1. The van der Waals surface area contributed by atoms with Crippen LogP contribution in [-0.4, -0.2) is 10.9 Å². The zero-order valence-electron chi connectivity index (χ0n) is 14.1. The van der Waals surface area contributed by atoms with Gasteiger partial charge in [0.1, 0.15) is 23.6 Å². The molecule has 6 nitrogen and oxygen atoms in total. The topological polar surface area (TPSA) is 77.5 Å². The Morgan fingerprint density at radius 2 is 1.92 bits per heavy atom. The van der Waals surface area contributed by atoms with Crippen molar-refractivity contribution in [1.29, 1.82) is 0 Å². The van der Waals surface area contributed by atoms with E-state index in [0.29, 0.717) is 28.4 Å². The lowest BCUT2D eigenvalue weighted by atomic mass is 10.3. The number of nitrogens with zero attached hydrogens (tertiary/aromatic N) is 1. The van der Waals surface area contributed by atoms with Crippen molar-refractivity contribution < 1.29 is 18.4 Å². The molecule has 130 valence electrons. The minimum Gasteiger partial charge on any atom is -0.486 e. The number of aryl methyl sites for hydroxylation is 1. The number of amides is 1. The van der Waals surface area contributed by atoms with Gasteiger partial charge in [0, 0.05) is 12.6 Å². The molecule has 4 aromatic rings. The Hall–Kier alpha value is -3.54. The summed E-state index contributed by atoms with van der Waals surface area (Å²) >= 11 is 0. The Labute approximate surface area is 149 Å². The molecule has 0 unspecified atom stereocenters. The molecule has 0 bridgehead atoms. The second-order valence-corrected chi connectivity index (χ2v) is 5.74. The number of benzene rings is 2. The Kier molecular flexibility index (Phi) is 4.15. The average Bonchev–Trinajstić information content (AvgIpc) is 3.26. The van der Waals surface area contributed by atoms with Gasteiger partial charge in [-0.2, -0.15) is 0 Å².